The Hall–Kier alpha value is -2.56. The standard InChI is InChI=1S/C19H24FN3O/c1-4-10-21-19(22-11-9-17-6-5-12-24-17)23-15(3)16-8-7-14(2)18(20)13-16/h4-8,12-13,15H,1,9-11H2,2-3H3,(H2,21,22,23). The number of aryl methyl sites for hydroxylation is 1. The summed E-state index contributed by atoms with van der Waals surface area (Å²) in [5, 5.41) is 6.46. The van der Waals surface area contributed by atoms with Crippen molar-refractivity contribution in [3.8, 4) is 0 Å². The first-order valence-corrected chi connectivity index (χ1v) is 8.04. The number of aliphatic imine (C=N–C) groups is 1. The quantitative estimate of drug-likeness (QED) is 0.462. The molecule has 0 aliphatic heterocycles. The van der Waals surface area contributed by atoms with Crippen molar-refractivity contribution in [1.82, 2.24) is 10.6 Å². The van der Waals surface area contributed by atoms with E-state index in [1.165, 1.54) is 0 Å². The lowest BCUT2D eigenvalue weighted by Gasteiger charge is -2.18. The maximum absolute atomic E-state index is 13.7. The molecule has 128 valence electrons. The Kier molecular flexibility index (Phi) is 6.61. The molecule has 1 heterocycles. The molecule has 2 N–H and O–H groups in total. The summed E-state index contributed by atoms with van der Waals surface area (Å²) in [5.41, 5.74) is 1.51. The second-order valence-electron chi connectivity index (χ2n) is 5.60. The number of nitrogens with zero attached hydrogens (tertiary/aromatic N) is 1. The van der Waals surface area contributed by atoms with Crippen molar-refractivity contribution < 1.29 is 8.81 Å². The highest BCUT2D eigenvalue weighted by molar-refractivity contribution is 5.80. The minimum absolute atomic E-state index is 0.0696. The highest BCUT2D eigenvalue weighted by atomic mass is 19.1. The second-order valence-corrected chi connectivity index (χ2v) is 5.60. The molecule has 1 aromatic carbocycles. The van der Waals surface area contributed by atoms with Gasteiger partial charge in [0.1, 0.15) is 11.6 Å². The molecular weight excluding hydrogens is 305 g/mol. The van der Waals surface area contributed by atoms with Gasteiger partial charge in [0.2, 0.25) is 0 Å². The van der Waals surface area contributed by atoms with E-state index in [0.29, 0.717) is 24.6 Å². The molecule has 0 amide bonds. The third-order valence-electron chi connectivity index (χ3n) is 3.67. The number of benzene rings is 1. The van der Waals surface area contributed by atoms with Crippen LogP contribution in [0.15, 0.2) is 58.7 Å². The molecule has 5 heteroatoms. The van der Waals surface area contributed by atoms with Crippen molar-refractivity contribution in [2.24, 2.45) is 4.99 Å². The van der Waals surface area contributed by atoms with Gasteiger partial charge in [-0.15, -0.1) is 6.58 Å². The predicted molar refractivity (Wildman–Crippen MR) is 95.6 cm³/mol. The fraction of sp³-hybridized carbons (Fsp3) is 0.316. The Balaban J connectivity index is 2.00. The minimum Gasteiger partial charge on any atom is -0.469 e. The van der Waals surface area contributed by atoms with E-state index < -0.39 is 0 Å². The third kappa shape index (κ3) is 5.26. The molecule has 1 aromatic heterocycles. The van der Waals surface area contributed by atoms with Crippen LogP contribution in [0.4, 0.5) is 4.39 Å². The van der Waals surface area contributed by atoms with E-state index in [1.807, 2.05) is 25.1 Å². The van der Waals surface area contributed by atoms with Crippen molar-refractivity contribution in [1.29, 1.82) is 0 Å². The summed E-state index contributed by atoms with van der Waals surface area (Å²) in [7, 11) is 0. The predicted octanol–water partition coefficient (Wildman–Crippen LogP) is 3.75. The van der Waals surface area contributed by atoms with Crippen molar-refractivity contribution in [2.75, 3.05) is 13.1 Å². The minimum atomic E-state index is -0.198. The van der Waals surface area contributed by atoms with Gasteiger partial charge in [-0.2, -0.15) is 0 Å². The van der Waals surface area contributed by atoms with Crippen LogP contribution in [0.5, 0.6) is 0 Å². The molecule has 1 unspecified atom stereocenters. The molecule has 0 aliphatic rings. The molecule has 0 spiro atoms. The SMILES string of the molecule is C=CCNC(=NCCc1ccco1)NC(C)c1ccc(C)c(F)c1. The zero-order valence-electron chi connectivity index (χ0n) is 14.2. The summed E-state index contributed by atoms with van der Waals surface area (Å²) < 4.78 is 19.0. The Bertz CT molecular complexity index is 680. The number of furan rings is 1. The topological polar surface area (TPSA) is 49.6 Å². The summed E-state index contributed by atoms with van der Waals surface area (Å²) in [6.07, 6.45) is 4.14. The molecule has 0 aliphatic carbocycles. The molecule has 0 bridgehead atoms. The Labute approximate surface area is 142 Å². The lowest BCUT2D eigenvalue weighted by Crippen LogP contribution is -2.39. The fourth-order valence-corrected chi connectivity index (χ4v) is 2.22. The summed E-state index contributed by atoms with van der Waals surface area (Å²) in [6.45, 7) is 8.62. The first-order valence-electron chi connectivity index (χ1n) is 8.04. The van der Waals surface area contributed by atoms with Gasteiger partial charge < -0.3 is 15.1 Å². The van der Waals surface area contributed by atoms with Crippen LogP contribution >= 0.6 is 0 Å². The Morgan fingerprint density at radius 2 is 2.25 bits per heavy atom. The first-order chi connectivity index (χ1) is 11.6. The van der Waals surface area contributed by atoms with Gasteiger partial charge in [0, 0.05) is 19.5 Å². The molecular formula is C19H24FN3O. The fourth-order valence-electron chi connectivity index (χ4n) is 2.22. The van der Waals surface area contributed by atoms with Crippen LogP contribution in [-0.4, -0.2) is 19.0 Å². The van der Waals surface area contributed by atoms with Crippen molar-refractivity contribution >= 4 is 5.96 Å². The van der Waals surface area contributed by atoms with Crippen LogP contribution in [-0.2, 0) is 6.42 Å². The molecule has 2 aromatic rings. The molecule has 4 nitrogen and oxygen atoms in total. The lowest BCUT2D eigenvalue weighted by atomic mass is 10.1. The second kappa shape index (κ2) is 8.91. The van der Waals surface area contributed by atoms with Crippen LogP contribution in [0.2, 0.25) is 0 Å². The highest BCUT2D eigenvalue weighted by Crippen LogP contribution is 2.16. The Morgan fingerprint density at radius 3 is 2.92 bits per heavy atom. The Morgan fingerprint density at radius 1 is 1.42 bits per heavy atom. The first kappa shape index (κ1) is 17.8. The van der Waals surface area contributed by atoms with Gasteiger partial charge in [-0.25, -0.2) is 4.39 Å². The van der Waals surface area contributed by atoms with Gasteiger partial charge in [-0.1, -0.05) is 18.2 Å². The van der Waals surface area contributed by atoms with Crippen LogP contribution < -0.4 is 10.6 Å². The van der Waals surface area contributed by atoms with Gasteiger partial charge in [0.05, 0.1) is 12.3 Å². The maximum Gasteiger partial charge on any atom is 0.191 e. The number of rotatable bonds is 7. The lowest BCUT2D eigenvalue weighted by molar-refractivity contribution is 0.510. The normalized spacial score (nSPS) is 12.7. The van der Waals surface area contributed by atoms with E-state index in [4.69, 9.17) is 4.42 Å². The van der Waals surface area contributed by atoms with E-state index in [9.17, 15) is 4.39 Å². The maximum atomic E-state index is 13.7. The van der Waals surface area contributed by atoms with E-state index in [0.717, 1.165) is 17.7 Å². The van der Waals surface area contributed by atoms with E-state index in [-0.39, 0.29) is 11.9 Å². The largest absolute Gasteiger partial charge is 0.469 e. The van der Waals surface area contributed by atoms with Gasteiger partial charge in [0.15, 0.2) is 5.96 Å². The van der Waals surface area contributed by atoms with E-state index in [2.05, 4.69) is 22.2 Å². The summed E-state index contributed by atoms with van der Waals surface area (Å²) in [6, 6.07) is 8.98. The number of halogens is 1. The third-order valence-corrected chi connectivity index (χ3v) is 3.67. The average Bonchev–Trinajstić information content (AvgIpc) is 3.08. The monoisotopic (exact) mass is 329 g/mol. The molecule has 0 saturated carbocycles. The molecule has 24 heavy (non-hydrogen) atoms. The van der Waals surface area contributed by atoms with Gasteiger partial charge in [0.25, 0.3) is 0 Å². The van der Waals surface area contributed by atoms with Gasteiger partial charge >= 0.3 is 0 Å². The van der Waals surface area contributed by atoms with Gasteiger partial charge in [-0.3, -0.25) is 4.99 Å². The van der Waals surface area contributed by atoms with Crippen molar-refractivity contribution in [2.45, 2.75) is 26.3 Å². The van der Waals surface area contributed by atoms with Crippen LogP contribution in [0, 0.1) is 12.7 Å². The zero-order valence-corrected chi connectivity index (χ0v) is 14.2. The van der Waals surface area contributed by atoms with Crippen LogP contribution in [0.1, 0.15) is 29.9 Å². The highest BCUT2D eigenvalue weighted by Gasteiger charge is 2.09. The van der Waals surface area contributed by atoms with Crippen LogP contribution in [0.3, 0.4) is 0 Å². The van der Waals surface area contributed by atoms with Gasteiger partial charge in [-0.05, 0) is 43.2 Å². The number of hydrogen-bond donors (Lipinski definition) is 2. The number of nitrogens with one attached hydrogen (secondary N) is 2. The molecule has 0 saturated heterocycles. The molecule has 0 radical (unpaired) electrons. The zero-order chi connectivity index (χ0) is 17.4. The smallest absolute Gasteiger partial charge is 0.191 e. The average molecular weight is 329 g/mol. The summed E-state index contributed by atoms with van der Waals surface area (Å²) in [5.74, 6) is 1.36. The summed E-state index contributed by atoms with van der Waals surface area (Å²) >= 11 is 0. The van der Waals surface area contributed by atoms with Crippen molar-refractivity contribution in [3.05, 3.63) is 72.0 Å². The van der Waals surface area contributed by atoms with E-state index >= 15 is 0 Å². The number of guanidine groups is 1. The molecule has 1 atom stereocenters. The number of hydrogen-bond acceptors (Lipinski definition) is 2. The van der Waals surface area contributed by atoms with Crippen molar-refractivity contribution in [3.63, 3.8) is 0 Å². The van der Waals surface area contributed by atoms with Crippen LogP contribution in [0.25, 0.3) is 0 Å². The summed E-state index contributed by atoms with van der Waals surface area (Å²) in [4.78, 5) is 4.53. The molecule has 0 fully saturated rings. The molecule has 2 rings (SSSR count). The van der Waals surface area contributed by atoms with E-state index in [1.54, 1.807) is 31.4 Å².